The first-order valence-corrected chi connectivity index (χ1v) is 5.87. The van der Waals surface area contributed by atoms with Gasteiger partial charge < -0.3 is 5.11 Å². The second-order valence-electron chi connectivity index (χ2n) is 4.08. The Morgan fingerprint density at radius 3 is 2.35 bits per heavy atom. The van der Waals surface area contributed by atoms with Crippen molar-refractivity contribution in [2.24, 2.45) is 0 Å². The summed E-state index contributed by atoms with van der Waals surface area (Å²) in [6.45, 7) is 0. The van der Waals surface area contributed by atoms with Crippen LogP contribution in [0.3, 0.4) is 0 Å². The van der Waals surface area contributed by atoms with Gasteiger partial charge in [-0.15, -0.1) is 0 Å². The van der Waals surface area contributed by atoms with E-state index in [9.17, 15) is 18.0 Å². The zero-order valence-corrected chi connectivity index (χ0v) is 10.7. The zero-order chi connectivity index (χ0) is 14.9. The molecule has 20 heavy (non-hydrogen) atoms. The predicted octanol–water partition coefficient (Wildman–Crippen LogP) is 4.72. The van der Waals surface area contributed by atoms with E-state index in [2.05, 4.69) is 0 Å². The number of carbonyl (C=O) groups is 1. The molecule has 2 rings (SSSR count). The lowest BCUT2D eigenvalue weighted by Gasteiger charge is -2.10. The van der Waals surface area contributed by atoms with Crippen LogP contribution in [0, 0.1) is 0 Å². The fraction of sp³-hybridized carbons (Fsp3) is 0.0714. The van der Waals surface area contributed by atoms with Crippen molar-refractivity contribution in [3.63, 3.8) is 0 Å². The van der Waals surface area contributed by atoms with Gasteiger partial charge in [-0.2, -0.15) is 13.2 Å². The molecule has 0 fully saturated rings. The van der Waals surface area contributed by atoms with Crippen LogP contribution < -0.4 is 0 Å². The van der Waals surface area contributed by atoms with Crippen molar-refractivity contribution in [3.8, 4) is 11.1 Å². The van der Waals surface area contributed by atoms with E-state index in [0.29, 0.717) is 5.56 Å². The van der Waals surface area contributed by atoms with Crippen molar-refractivity contribution in [3.05, 3.63) is 58.6 Å². The number of carboxylic acid groups (broad SMARTS) is 1. The number of rotatable bonds is 2. The van der Waals surface area contributed by atoms with Crippen molar-refractivity contribution in [2.45, 2.75) is 6.18 Å². The highest BCUT2D eigenvalue weighted by Crippen LogP contribution is 2.34. The zero-order valence-electron chi connectivity index (χ0n) is 9.91. The van der Waals surface area contributed by atoms with Crippen molar-refractivity contribution in [1.82, 2.24) is 0 Å². The summed E-state index contributed by atoms with van der Waals surface area (Å²) in [7, 11) is 0. The van der Waals surface area contributed by atoms with Crippen LogP contribution in [0.15, 0.2) is 42.5 Å². The van der Waals surface area contributed by atoms with Gasteiger partial charge in [0.1, 0.15) is 0 Å². The minimum absolute atomic E-state index is 0.0225. The van der Waals surface area contributed by atoms with Gasteiger partial charge in [0.15, 0.2) is 0 Å². The van der Waals surface area contributed by atoms with Crippen molar-refractivity contribution >= 4 is 17.6 Å². The smallest absolute Gasteiger partial charge is 0.416 e. The van der Waals surface area contributed by atoms with Crippen LogP contribution in [0.5, 0.6) is 0 Å². The molecule has 0 unspecified atom stereocenters. The highest BCUT2D eigenvalue weighted by molar-refractivity contribution is 6.33. The number of benzene rings is 2. The van der Waals surface area contributed by atoms with E-state index in [0.717, 1.165) is 12.1 Å². The fourth-order valence-electron chi connectivity index (χ4n) is 1.75. The van der Waals surface area contributed by atoms with Gasteiger partial charge in [-0.1, -0.05) is 29.8 Å². The van der Waals surface area contributed by atoms with Crippen LogP contribution in [0.25, 0.3) is 11.1 Å². The van der Waals surface area contributed by atoms with Crippen LogP contribution in [0.2, 0.25) is 5.02 Å². The second-order valence-corrected chi connectivity index (χ2v) is 4.49. The van der Waals surface area contributed by atoms with E-state index in [4.69, 9.17) is 16.7 Å². The molecule has 6 heteroatoms. The van der Waals surface area contributed by atoms with E-state index >= 15 is 0 Å². The molecule has 2 nitrogen and oxygen atoms in total. The molecule has 0 saturated heterocycles. The lowest BCUT2D eigenvalue weighted by molar-refractivity contribution is -0.137. The van der Waals surface area contributed by atoms with Gasteiger partial charge >= 0.3 is 12.1 Å². The Bertz CT molecular complexity index is 666. The summed E-state index contributed by atoms with van der Waals surface area (Å²) >= 11 is 5.93. The summed E-state index contributed by atoms with van der Waals surface area (Å²) in [5, 5.41) is 8.90. The molecule has 2 aromatic rings. The van der Waals surface area contributed by atoms with E-state index in [-0.39, 0.29) is 16.1 Å². The Hall–Kier alpha value is -2.01. The molecule has 0 bridgehead atoms. The SMILES string of the molecule is O=C(O)c1ccc(-c2cccc(C(F)(F)F)c2)c(Cl)c1. The molecule has 0 aliphatic rings. The molecule has 104 valence electrons. The fourth-order valence-corrected chi connectivity index (χ4v) is 2.03. The Kier molecular flexibility index (Phi) is 3.72. The monoisotopic (exact) mass is 300 g/mol. The topological polar surface area (TPSA) is 37.3 Å². The third-order valence-electron chi connectivity index (χ3n) is 2.72. The van der Waals surface area contributed by atoms with Crippen LogP contribution in [-0.4, -0.2) is 11.1 Å². The van der Waals surface area contributed by atoms with Crippen molar-refractivity contribution in [1.29, 1.82) is 0 Å². The third kappa shape index (κ3) is 2.93. The maximum atomic E-state index is 12.6. The van der Waals surface area contributed by atoms with Gasteiger partial charge in [0.2, 0.25) is 0 Å². The largest absolute Gasteiger partial charge is 0.478 e. The average Bonchev–Trinajstić information content (AvgIpc) is 2.37. The molecule has 1 N–H and O–H groups in total. The van der Waals surface area contributed by atoms with Crippen molar-refractivity contribution in [2.75, 3.05) is 0 Å². The summed E-state index contributed by atoms with van der Waals surface area (Å²) < 4.78 is 37.9. The van der Waals surface area contributed by atoms with Gasteiger partial charge in [0, 0.05) is 10.6 Å². The normalized spacial score (nSPS) is 11.4. The lowest BCUT2D eigenvalue weighted by Crippen LogP contribution is -2.04. The minimum Gasteiger partial charge on any atom is -0.478 e. The second kappa shape index (κ2) is 5.17. The predicted molar refractivity (Wildman–Crippen MR) is 68.8 cm³/mol. The Labute approximate surface area is 117 Å². The molecule has 0 amide bonds. The number of halogens is 4. The highest BCUT2D eigenvalue weighted by Gasteiger charge is 2.30. The van der Waals surface area contributed by atoms with Gasteiger partial charge in [0.25, 0.3) is 0 Å². The molecule has 0 aliphatic heterocycles. The maximum absolute atomic E-state index is 12.6. The molecule has 0 atom stereocenters. The molecule has 0 heterocycles. The Morgan fingerprint density at radius 2 is 1.80 bits per heavy atom. The van der Waals surface area contributed by atoms with Crippen molar-refractivity contribution < 1.29 is 23.1 Å². The molecule has 0 aromatic heterocycles. The molecular weight excluding hydrogens is 293 g/mol. The molecule has 0 saturated carbocycles. The van der Waals surface area contributed by atoms with E-state index in [1.807, 2.05) is 0 Å². The average molecular weight is 301 g/mol. The number of aromatic carboxylic acids is 1. The van der Waals surface area contributed by atoms with E-state index in [1.165, 1.54) is 30.3 Å². The Balaban J connectivity index is 2.49. The molecule has 2 aromatic carbocycles. The number of carboxylic acids is 1. The quantitative estimate of drug-likeness (QED) is 0.871. The van der Waals surface area contributed by atoms with E-state index < -0.39 is 17.7 Å². The van der Waals surface area contributed by atoms with Gasteiger partial charge in [-0.05, 0) is 29.8 Å². The standard InChI is InChI=1S/C14H8ClF3O2/c15-12-7-9(13(19)20)4-5-11(12)8-2-1-3-10(6-8)14(16,17)18/h1-7H,(H,19,20). The number of hydrogen-bond acceptors (Lipinski definition) is 1. The first-order valence-electron chi connectivity index (χ1n) is 5.49. The van der Waals surface area contributed by atoms with Gasteiger partial charge in [-0.25, -0.2) is 4.79 Å². The number of alkyl halides is 3. The summed E-state index contributed by atoms with van der Waals surface area (Å²) in [4.78, 5) is 10.8. The van der Waals surface area contributed by atoms with Crippen LogP contribution in [0.4, 0.5) is 13.2 Å². The molecule has 0 spiro atoms. The lowest BCUT2D eigenvalue weighted by atomic mass is 10.0. The summed E-state index contributed by atoms with van der Waals surface area (Å²) in [5.74, 6) is -1.15. The van der Waals surface area contributed by atoms with Crippen LogP contribution >= 0.6 is 11.6 Å². The minimum atomic E-state index is -4.44. The van der Waals surface area contributed by atoms with Gasteiger partial charge in [-0.3, -0.25) is 0 Å². The molecule has 0 radical (unpaired) electrons. The first-order chi connectivity index (χ1) is 9.29. The summed E-state index contributed by atoms with van der Waals surface area (Å²) in [6, 6.07) is 8.59. The maximum Gasteiger partial charge on any atom is 0.416 e. The highest BCUT2D eigenvalue weighted by atomic mass is 35.5. The van der Waals surface area contributed by atoms with Crippen LogP contribution in [-0.2, 0) is 6.18 Å². The van der Waals surface area contributed by atoms with Gasteiger partial charge in [0.05, 0.1) is 11.1 Å². The summed E-state index contributed by atoms with van der Waals surface area (Å²) in [5.41, 5.74) is -0.177. The molecule has 0 aliphatic carbocycles. The Morgan fingerprint density at radius 1 is 1.10 bits per heavy atom. The summed E-state index contributed by atoms with van der Waals surface area (Å²) in [6.07, 6.45) is -4.44. The number of hydrogen-bond donors (Lipinski definition) is 1. The van der Waals surface area contributed by atoms with Crippen LogP contribution in [0.1, 0.15) is 15.9 Å². The third-order valence-corrected chi connectivity index (χ3v) is 3.03. The first kappa shape index (κ1) is 14.4. The molecular formula is C14H8ClF3O2. The van der Waals surface area contributed by atoms with E-state index in [1.54, 1.807) is 0 Å².